The number of H-pyrrole nitrogens is 1. The molecule has 0 fully saturated rings. The third-order valence-electron chi connectivity index (χ3n) is 4.82. The number of aromatic amines is 1. The summed E-state index contributed by atoms with van der Waals surface area (Å²) in [6.45, 7) is 2.37. The molecule has 0 aliphatic rings. The molecular weight excluding hydrogens is 549 g/mol. The van der Waals surface area contributed by atoms with E-state index in [-0.39, 0.29) is 38.7 Å². The van der Waals surface area contributed by atoms with Crippen molar-refractivity contribution in [2.24, 2.45) is 0 Å². The van der Waals surface area contributed by atoms with Gasteiger partial charge in [0.15, 0.2) is 5.82 Å². The number of fused-ring (bicyclic) bond motifs is 1. The van der Waals surface area contributed by atoms with Crippen LogP contribution in [-0.4, -0.2) is 50.4 Å². The lowest BCUT2D eigenvalue weighted by Crippen LogP contribution is -2.27. The first-order chi connectivity index (χ1) is 16.3. The van der Waals surface area contributed by atoms with Crippen LogP contribution in [0.2, 0.25) is 10.0 Å². The molecule has 0 aliphatic heterocycles. The van der Waals surface area contributed by atoms with Gasteiger partial charge in [-0.25, -0.2) is 9.67 Å². The molecule has 34 heavy (non-hydrogen) atoms. The van der Waals surface area contributed by atoms with E-state index in [0.717, 1.165) is 6.42 Å². The topological polar surface area (TPSA) is 127 Å². The van der Waals surface area contributed by atoms with Gasteiger partial charge < -0.3 is 15.4 Å². The zero-order valence-corrected chi connectivity index (χ0v) is 21.0. The van der Waals surface area contributed by atoms with Crippen LogP contribution in [0.5, 0.6) is 5.88 Å². The maximum atomic E-state index is 13.4. The van der Waals surface area contributed by atoms with Crippen LogP contribution in [0, 0.1) is 0 Å². The van der Waals surface area contributed by atoms with Crippen molar-refractivity contribution in [1.29, 1.82) is 0 Å². The lowest BCUT2D eigenvalue weighted by Gasteiger charge is -2.14. The second-order valence-electron chi connectivity index (χ2n) is 7.04. The van der Waals surface area contributed by atoms with E-state index >= 15 is 0 Å². The Morgan fingerprint density at radius 2 is 2.03 bits per heavy atom. The summed E-state index contributed by atoms with van der Waals surface area (Å²) < 4.78 is 7.01. The molecule has 4 aromatic rings. The van der Waals surface area contributed by atoms with E-state index in [1.54, 1.807) is 18.2 Å². The first-order valence-electron chi connectivity index (χ1n) is 10.1. The first-order valence-corrected chi connectivity index (χ1v) is 11.6. The van der Waals surface area contributed by atoms with Crippen molar-refractivity contribution >= 4 is 67.5 Å². The minimum Gasteiger partial charge on any atom is -0.480 e. The largest absolute Gasteiger partial charge is 0.480 e. The van der Waals surface area contributed by atoms with Gasteiger partial charge in [0.1, 0.15) is 15.8 Å². The molecule has 3 N–H and O–H groups in total. The van der Waals surface area contributed by atoms with Crippen LogP contribution in [0.25, 0.3) is 16.7 Å². The lowest BCUT2D eigenvalue weighted by molar-refractivity contribution is 0.0956. The van der Waals surface area contributed by atoms with E-state index in [0.29, 0.717) is 22.1 Å². The molecular formula is C21H18BrCl2N7O3. The van der Waals surface area contributed by atoms with Crippen LogP contribution in [0.4, 0.5) is 5.69 Å². The van der Waals surface area contributed by atoms with Gasteiger partial charge in [-0.05, 0) is 40.5 Å². The SMILES string of the molecule is CCCNC(=O)c1c(NC(=O)c2cc(OC)nn2-c2ncccc2Cl)c(Cl)cc2c(Br)[nH]nc12. The van der Waals surface area contributed by atoms with Gasteiger partial charge in [0.05, 0.1) is 28.4 Å². The van der Waals surface area contributed by atoms with Crippen LogP contribution in [-0.2, 0) is 0 Å². The average Bonchev–Trinajstić information content (AvgIpc) is 3.42. The van der Waals surface area contributed by atoms with Crippen LogP contribution >= 0.6 is 39.1 Å². The number of ether oxygens (including phenoxy) is 1. The summed E-state index contributed by atoms with van der Waals surface area (Å²) in [6.07, 6.45) is 2.25. The number of hydrogen-bond acceptors (Lipinski definition) is 6. The number of pyridine rings is 1. The zero-order valence-electron chi connectivity index (χ0n) is 17.9. The first kappa shape index (κ1) is 24.0. The Morgan fingerprint density at radius 1 is 1.24 bits per heavy atom. The summed E-state index contributed by atoms with van der Waals surface area (Å²) in [7, 11) is 1.42. The highest BCUT2D eigenvalue weighted by atomic mass is 79.9. The average molecular weight is 567 g/mol. The number of carbonyl (C=O) groups excluding carboxylic acids is 2. The van der Waals surface area contributed by atoms with Crippen LogP contribution in [0.3, 0.4) is 0 Å². The third-order valence-corrected chi connectivity index (χ3v) is 6.02. The number of methoxy groups -OCH3 is 1. The van der Waals surface area contributed by atoms with Crippen molar-refractivity contribution < 1.29 is 14.3 Å². The molecule has 0 saturated heterocycles. The molecule has 0 saturated carbocycles. The molecule has 0 spiro atoms. The van der Waals surface area contributed by atoms with E-state index in [1.165, 1.54) is 24.1 Å². The molecule has 0 bridgehead atoms. The summed E-state index contributed by atoms with van der Waals surface area (Å²) >= 11 is 16.2. The van der Waals surface area contributed by atoms with Gasteiger partial charge in [0, 0.05) is 24.2 Å². The van der Waals surface area contributed by atoms with Gasteiger partial charge in [-0.1, -0.05) is 30.1 Å². The fourth-order valence-electron chi connectivity index (χ4n) is 3.25. The molecule has 2 amide bonds. The number of aromatic nitrogens is 5. The Bertz CT molecular complexity index is 1400. The molecule has 4 rings (SSSR count). The molecule has 0 aliphatic carbocycles. The summed E-state index contributed by atoms with van der Waals surface area (Å²) in [5.41, 5.74) is 0.640. The third kappa shape index (κ3) is 4.46. The minimum atomic E-state index is -0.613. The Hall–Kier alpha value is -3.15. The molecule has 0 radical (unpaired) electrons. The van der Waals surface area contributed by atoms with Crippen molar-refractivity contribution in [3.05, 3.63) is 56.4 Å². The molecule has 176 valence electrons. The molecule has 1 aromatic carbocycles. The second-order valence-corrected chi connectivity index (χ2v) is 8.65. The van der Waals surface area contributed by atoms with Crippen molar-refractivity contribution in [2.75, 3.05) is 19.0 Å². The highest BCUT2D eigenvalue weighted by Gasteiger charge is 2.26. The fourth-order valence-corrected chi connectivity index (χ4v) is 4.10. The number of rotatable bonds is 7. The number of carbonyl (C=O) groups is 2. The number of anilines is 1. The summed E-state index contributed by atoms with van der Waals surface area (Å²) in [4.78, 5) is 30.7. The van der Waals surface area contributed by atoms with E-state index in [2.05, 4.69) is 46.8 Å². The number of halogens is 3. The van der Waals surface area contributed by atoms with Gasteiger partial charge in [-0.2, -0.15) is 5.10 Å². The summed E-state index contributed by atoms with van der Waals surface area (Å²) in [6, 6.07) is 6.31. The van der Waals surface area contributed by atoms with Crippen molar-refractivity contribution in [3.63, 3.8) is 0 Å². The molecule has 10 nitrogen and oxygen atoms in total. The van der Waals surface area contributed by atoms with Crippen LogP contribution in [0.15, 0.2) is 35.1 Å². The highest BCUT2D eigenvalue weighted by Crippen LogP contribution is 2.36. The molecule has 0 unspecified atom stereocenters. The maximum absolute atomic E-state index is 13.4. The van der Waals surface area contributed by atoms with E-state index < -0.39 is 11.8 Å². The molecule has 13 heteroatoms. The normalized spacial score (nSPS) is 11.0. The quantitative estimate of drug-likeness (QED) is 0.300. The van der Waals surface area contributed by atoms with Gasteiger partial charge in [0.25, 0.3) is 11.8 Å². The molecule has 3 heterocycles. The standard InChI is InChI=1S/C21H18BrCl2N7O3/c1-3-6-26-21(33)15-16-10(18(22)29-28-16)8-12(24)17(15)27-20(32)13-9-14(34-2)30-31(13)19-11(23)5-4-7-25-19/h4-5,7-9H,3,6H2,1-2H3,(H,26,33)(H,27,32)(H,28,29). The van der Waals surface area contributed by atoms with Gasteiger partial charge in [-0.3, -0.25) is 14.7 Å². The predicted molar refractivity (Wildman–Crippen MR) is 132 cm³/mol. The number of benzene rings is 1. The van der Waals surface area contributed by atoms with E-state index in [1.807, 2.05) is 6.92 Å². The Balaban J connectivity index is 1.82. The fraction of sp³-hybridized carbons (Fsp3) is 0.190. The number of amides is 2. The summed E-state index contributed by atoms with van der Waals surface area (Å²) in [5, 5.41) is 17.8. The van der Waals surface area contributed by atoms with Gasteiger partial charge in [-0.15, -0.1) is 5.10 Å². The molecule has 0 atom stereocenters. The second kappa shape index (κ2) is 10.00. The Kier molecular flexibility index (Phi) is 7.05. The maximum Gasteiger partial charge on any atom is 0.274 e. The smallest absolute Gasteiger partial charge is 0.274 e. The Labute approximate surface area is 212 Å². The van der Waals surface area contributed by atoms with Gasteiger partial charge >= 0.3 is 0 Å². The van der Waals surface area contributed by atoms with E-state index in [9.17, 15) is 9.59 Å². The van der Waals surface area contributed by atoms with Crippen molar-refractivity contribution in [2.45, 2.75) is 13.3 Å². The number of nitrogens with zero attached hydrogens (tertiary/aromatic N) is 4. The van der Waals surface area contributed by atoms with Gasteiger partial charge in [0.2, 0.25) is 5.88 Å². The Morgan fingerprint density at radius 3 is 2.74 bits per heavy atom. The highest BCUT2D eigenvalue weighted by molar-refractivity contribution is 9.10. The predicted octanol–water partition coefficient (Wildman–Crippen LogP) is 4.61. The zero-order chi connectivity index (χ0) is 24.4. The minimum absolute atomic E-state index is 0.0664. The molecule has 3 aromatic heterocycles. The summed E-state index contributed by atoms with van der Waals surface area (Å²) in [5.74, 6) is -0.637. The van der Waals surface area contributed by atoms with E-state index in [4.69, 9.17) is 27.9 Å². The van der Waals surface area contributed by atoms with Crippen molar-refractivity contribution in [1.82, 2.24) is 30.3 Å². The van der Waals surface area contributed by atoms with Crippen molar-refractivity contribution in [3.8, 4) is 11.7 Å². The number of hydrogen-bond donors (Lipinski definition) is 3. The number of nitrogens with one attached hydrogen (secondary N) is 3. The van der Waals surface area contributed by atoms with Crippen LogP contribution in [0.1, 0.15) is 34.2 Å². The lowest BCUT2D eigenvalue weighted by atomic mass is 10.1. The van der Waals surface area contributed by atoms with Crippen LogP contribution < -0.4 is 15.4 Å². The monoisotopic (exact) mass is 565 g/mol.